The maximum Gasteiger partial charge on any atom is 0.261 e. The van der Waals surface area contributed by atoms with Crippen molar-refractivity contribution in [2.45, 2.75) is 49.1 Å². The van der Waals surface area contributed by atoms with E-state index in [-0.39, 0.29) is 22.8 Å². The lowest BCUT2D eigenvalue weighted by atomic mass is 9.79. The molecule has 2 aliphatic heterocycles. The Labute approximate surface area is 229 Å². The molecule has 0 bridgehead atoms. The van der Waals surface area contributed by atoms with Gasteiger partial charge in [-0.25, -0.2) is 13.4 Å². The van der Waals surface area contributed by atoms with Crippen molar-refractivity contribution in [2.75, 3.05) is 6.54 Å². The van der Waals surface area contributed by atoms with Crippen molar-refractivity contribution in [1.29, 1.82) is 0 Å². The fraction of sp³-hybridized carbons (Fsp3) is 0.333. The third kappa shape index (κ3) is 4.61. The molecular formula is C27H26ClN3O3S3. The normalized spacial score (nSPS) is 25.4. The monoisotopic (exact) mass is 571 g/mol. The number of hydrogen-bond acceptors (Lipinski definition) is 6. The number of carbonyl (C=O) groups is 1. The molecule has 1 saturated heterocycles. The Bertz CT molecular complexity index is 1450. The van der Waals surface area contributed by atoms with E-state index >= 15 is 0 Å². The molecule has 3 aliphatic rings. The molecule has 1 aromatic carbocycles. The zero-order chi connectivity index (χ0) is 25.6. The highest BCUT2D eigenvalue weighted by Gasteiger charge is 2.49. The van der Waals surface area contributed by atoms with Crippen LogP contribution in [0.1, 0.15) is 47.9 Å². The predicted molar refractivity (Wildman–Crippen MR) is 149 cm³/mol. The van der Waals surface area contributed by atoms with Gasteiger partial charge in [-0.05, 0) is 90.9 Å². The molecule has 1 saturated carbocycles. The summed E-state index contributed by atoms with van der Waals surface area (Å²) < 4.78 is 28.4. The van der Waals surface area contributed by atoms with Gasteiger partial charge in [0.15, 0.2) is 0 Å². The van der Waals surface area contributed by atoms with Crippen LogP contribution >= 0.6 is 34.3 Å². The number of hydrogen-bond donors (Lipinski definition) is 0. The number of allylic oxidation sites excluding steroid dienone is 1. The number of hydrazone groups is 1. The van der Waals surface area contributed by atoms with Crippen LogP contribution in [0, 0.1) is 5.92 Å². The van der Waals surface area contributed by atoms with E-state index in [1.54, 1.807) is 39.8 Å². The molecule has 0 spiro atoms. The van der Waals surface area contributed by atoms with Crippen molar-refractivity contribution in [3.05, 3.63) is 79.6 Å². The minimum absolute atomic E-state index is 0.102. The van der Waals surface area contributed by atoms with Crippen molar-refractivity contribution < 1.29 is 13.2 Å². The van der Waals surface area contributed by atoms with Crippen LogP contribution < -0.4 is 0 Å². The number of amides is 1. The van der Waals surface area contributed by atoms with Crippen molar-refractivity contribution >= 4 is 62.0 Å². The summed E-state index contributed by atoms with van der Waals surface area (Å²) in [4.78, 5) is 16.5. The molecule has 1 amide bonds. The summed E-state index contributed by atoms with van der Waals surface area (Å²) in [5, 5.41) is 11.1. The van der Waals surface area contributed by atoms with E-state index in [1.165, 1.54) is 26.9 Å². The molecule has 0 radical (unpaired) electrons. The second-order valence-corrected chi connectivity index (χ2v) is 13.8. The molecule has 4 heterocycles. The first-order chi connectivity index (χ1) is 17.9. The lowest BCUT2D eigenvalue weighted by Crippen LogP contribution is -2.46. The fourth-order valence-electron chi connectivity index (χ4n) is 5.64. The zero-order valence-corrected chi connectivity index (χ0v) is 23.2. The van der Waals surface area contributed by atoms with Gasteiger partial charge in [0.1, 0.15) is 6.04 Å². The predicted octanol–water partition coefficient (Wildman–Crippen LogP) is 6.44. The summed E-state index contributed by atoms with van der Waals surface area (Å²) in [6.45, 7) is 0.308. The van der Waals surface area contributed by atoms with E-state index in [0.717, 1.165) is 29.9 Å². The van der Waals surface area contributed by atoms with Crippen LogP contribution in [-0.4, -0.2) is 41.9 Å². The number of rotatable bonds is 5. The molecule has 6 rings (SSSR count). The molecule has 2 aromatic heterocycles. The van der Waals surface area contributed by atoms with Crippen molar-refractivity contribution in [2.24, 2.45) is 11.0 Å². The number of nitrogens with zero attached hydrogens (tertiary/aromatic N) is 3. The topological polar surface area (TPSA) is 70.1 Å². The summed E-state index contributed by atoms with van der Waals surface area (Å²) in [5.41, 5.74) is 2.14. The van der Waals surface area contributed by atoms with Gasteiger partial charge in [0.05, 0.1) is 16.6 Å². The van der Waals surface area contributed by atoms with Gasteiger partial charge in [-0.3, -0.25) is 4.79 Å². The largest absolute Gasteiger partial charge is 0.271 e. The number of thiophene rings is 2. The first-order valence-corrected chi connectivity index (χ1v) is 16.0. The quantitative estimate of drug-likeness (QED) is 0.354. The second kappa shape index (κ2) is 10.1. The van der Waals surface area contributed by atoms with Crippen LogP contribution in [0.4, 0.5) is 0 Å². The van der Waals surface area contributed by atoms with Gasteiger partial charge in [-0.2, -0.15) is 9.41 Å². The maximum atomic E-state index is 14.1. The van der Waals surface area contributed by atoms with Gasteiger partial charge in [0.2, 0.25) is 10.0 Å². The molecule has 0 unspecified atom stereocenters. The highest BCUT2D eigenvalue weighted by atomic mass is 35.5. The Kier molecular flexibility index (Phi) is 6.83. The number of halogens is 1. The summed E-state index contributed by atoms with van der Waals surface area (Å²) in [6.07, 6.45) is 6.21. The van der Waals surface area contributed by atoms with E-state index in [2.05, 4.69) is 23.6 Å². The molecule has 0 N–H and O–H groups in total. The Morgan fingerprint density at radius 1 is 1.03 bits per heavy atom. The van der Waals surface area contributed by atoms with Gasteiger partial charge >= 0.3 is 0 Å². The summed E-state index contributed by atoms with van der Waals surface area (Å²) in [6, 6.07) is 13.3. The molecule has 37 heavy (non-hydrogen) atoms. The molecular weight excluding hydrogens is 546 g/mol. The number of sulfonamides is 1. The number of carbonyl (C=O) groups excluding carboxylic acids is 1. The van der Waals surface area contributed by atoms with Crippen LogP contribution in [0.15, 0.2) is 74.9 Å². The minimum Gasteiger partial charge on any atom is -0.271 e. The van der Waals surface area contributed by atoms with Crippen LogP contribution in [-0.2, 0) is 14.8 Å². The van der Waals surface area contributed by atoms with E-state index in [4.69, 9.17) is 16.7 Å². The Hall–Kier alpha value is -2.30. The smallest absolute Gasteiger partial charge is 0.261 e. The highest BCUT2D eigenvalue weighted by Crippen LogP contribution is 2.46. The van der Waals surface area contributed by atoms with E-state index < -0.39 is 16.1 Å². The third-order valence-electron chi connectivity index (χ3n) is 7.33. The summed E-state index contributed by atoms with van der Waals surface area (Å²) >= 11 is 9.29. The summed E-state index contributed by atoms with van der Waals surface area (Å²) in [5.74, 6) is -0.143. The average Bonchev–Trinajstić information content (AvgIpc) is 3.70. The molecule has 192 valence electrons. The van der Waals surface area contributed by atoms with E-state index in [0.29, 0.717) is 24.4 Å². The minimum atomic E-state index is -3.85. The second-order valence-electron chi connectivity index (χ2n) is 9.54. The Morgan fingerprint density at radius 2 is 1.81 bits per heavy atom. The zero-order valence-electron chi connectivity index (χ0n) is 20.0. The van der Waals surface area contributed by atoms with Crippen LogP contribution in [0.2, 0.25) is 5.02 Å². The molecule has 10 heteroatoms. The third-order valence-corrected chi connectivity index (χ3v) is 11.3. The van der Waals surface area contributed by atoms with Crippen molar-refractivity contribution in [1.82, 2.24) is 9.31 Å². The first kappa shape index (κ1) is 25.0. The SMILES string of the molecule is O=C([C@@H]1CCCN1S(=O)(=O)c1ccc(Cl)cc1)N1N=C2/C(=C\c3cccs3)CCC[C@H]2[C@H]1c1cccs1. The van der Waals surface area contributed by atoms with E-state index in [9.17, 15) is 13.2 Å². The van der Waals surface area contributed by atoms with Gasteiger partial charge in [-0.15, -0.1) is 22.7 Å². The van der Waals surface area contributed by atoms with Gasteiger partial charge in [0, 0.05) is 27.2 Å². The van der Waals surface area contributed by atoms with Gasteiger partial charge < -0.3 is 0 Å². The van der Waals surface area contributed by atoms with Crippen molar-refractivity contribution in [3.8, 4) is 0 Å². The molecule has 2 fully saturated rings. The maximum absolute atomic E-state index is 14.1. The molecule has 3 aromatic rings. The average molecular weight is 572 g/mol. The Morgan fingerprint density at radius 3 is 2.54 bits per heavy atom. The standard InChI is InChI=1S/C27H26ClN3O3S3/c28-19-10-12-21(13-11-19)37(33,34)30-14-2-8-23(30)27(32)31-26(24-9-4-16-36-24)22-7-1-5-18(25(22)29-31)17-20-6-3-15-35-20/h3-4,6,9-13,15-17,22-23,26H,1-2,5,7-8,14H2/b18-17-/t22-,23+,26+/m1/s1. The lowest BCUT2D eigenvalue weighted by molar-refractivity contribution is -0.137. The van der Waals surface area contributed by atoms with Gasteiger partial charge in [-0.1, -0.05) is 23.7 Å². The van der Waals surface area contributed by atoms with Crippen LogP contribution in [0.5, 0.6) is 0 Å². The Balaban J connectivity index is 1.36. The molecule has 3 atom stereocenters. The summed E-state index contributed by atoms with van der Waals surface area (Å²) in [7, 11) is -3.85. The number of benzene rings is 1. The van der Waals surface area contributed by atoms with E-state index in [1.807, 2.05) is 17.5 Å². The van der Waals surface area contributed by atoms with Gasteiger partial charge in [0.25, 0.3) is 5.91 Å². The molecule has 1 aliphatic carbocycles. The number of fused-ring (bicyclic) bond motifs is 1. The molecule has 6 nitrogen and oxygen atoms in total. The fourth-order valence-corrected chi connectivity index (χ4v) is 8.97. The lowest BCUT2D eigenvalue weighted by Gasteiger charge is -2.31. The van der Waals surface area contributed by atoms with Crippen LogP contribution in [0.3, 0.4) is 0 Å². The highest BCUT2D eigenvalue weighted by molar-refractivity contribution is 7.89. The van der Waals surface area contributed by atoms with Crippen LogP contribution in [0.25, 0.3) is 6.08 Å². The first-order valence-electron chi connectivity index (χ1n) is 12.4. The van der Waals surface area contributed by atoms with Crippen molar-refractivity contribution in [3.63, 3.8) is 0 Å².